The van der Waals surface area contributed by atoms with Crippen molar-refractivity contribution in [2.24, 2.45) is 0 Å². The molecule has 0 N–H and O–H groups in total. The van der Waals surface area contributed by atoms with E-state index in [-0.39, 0.29) is 0 Å². The Morgan fingerprint density at radius 1 is 0.750 bits per heavy atom. The van der Waals surface area contributed by atoms with Crippen molar-refractivity contribution in [1.82, 2.24) is 9.88 Å². The number of aromatic nitrogens is 1. The lowest BCUT2D eigenvalue weighted by atomic mass is 9.83. The highest BCUT2D eigenvalue weighted by atomic mass is 16.5. The summed E-state index contributed by atoms with van der Waals surface area (Å²) in [5.74, 6) is 1.10. The fourth-order valence-corrected chi connectivity index (χ4v) is 5.31. The quantitative estimate of drug-likeness (QED) is 0.225. The number of hydrogen-bond donors (Lipinski definition) is 0. The van der Waals surface area contributed by atoms with Crippen molar-refractivity contribution in [3.8, 4) is 5.88 Å². The predicted octanol–water partition coefficient (Wildman–Crippen LogP) is 7.27. The maximum atomic E-state index is 5.90. The van der Waals surface area contributed by atoms with Gasteiger partial charge < -0.3 is 9.64 Å². The maximum absolute atomic E-state index is 5.90. The number of nitrogens with zero attached hydrogens (tertiary/aromatic N) is 2. The molecule has 0 spiro atoms. The largest absolute Gasteiger partial charge is 0.481 e. The molecule has 0 amide bonds. The summed E-state index contributed by atoms with van der Waals surface area (Å²) < 4.78 is 5.90. The Morgan fingerprint density at radius 3 is 2.22 bits per heavy atom. The van der Waals surface area contributed by atoms with Crippen LogP contribution in [0.25, 0.3) is 21.7 Å². The first-order chi connectivity index (χ1) is 17.6. The van der Waals surface area contributed by atoms with Gasteiger partial charge in [-0.25, -0.2) is 4.98 Å². The Morgan fingerprint density at radius 2 is 1.44 bits per heavy atom. The van der Waals surface area contributed by atoms with Gasteiger partial charge in [0.2, 0.25) is 5.88 Å². The summed E-state index contributed by atoms with van der Waals surface area (Å²) in [6.45, 7) is 1.03. The normalized spacial score (nSPS) is 12.3. The average Bonchev–Trinajstić information content (AvgIpc) is 2.92. The van der Waals surface area contributed by atoms with Crippen LogP contribution in [0.4, 0.5) is 0 Å². The number of ether oxygens (including phenoxy) is 1. The molecule has 5 rings (SSSR count). The Hall–Kier alpha value is -3.69. The molecule has 0 saturated heterocycles. The van der Waals surface area contributed by atoms with Crippen molar-refractivity contribution in [1.29, 1.82) is 0 Å². The van der Waals surface area contributed by atoms with Crippen molar-refractivity contribution in [2.75, 3.05) is 27.7 Å². The summed E-state index contributed by atoms with van der Waals surface area (Å²) in [7, 11) is 6.06. The third-order valence-corrected chi connectivity index (χ3v) is 7.13. The van der Waals surface area contributed by atoms with Crippen LogP contribution in [-0.2, 0) is 12.8 Å². The van der Waals surface area contributed by atoms with Crippen LogP contribution in [0.1, 0.15) is 34.6 Å². The van der Waals surface area contributed by atoms with E-state index in [1.807, 2.05) is 0 Å². The first-order valence-corrected chi connectivity index (χ1v) is 12.7. The Labute approximate surface area is 214 Å². The molecule has 1 unspecified atom stereocenters. The summed E-state index contributed by atoms with van der Waals surface area (Å²) in [6, 6.07) is 34.7. The predicted molar refractivity (Wildman–Crippen MR) is 151 cm³/mol. The molecule has 0 bridgehead atoms. The fourth-order valence-electron chi connectivity index (χ4n) is 5.31. The van der Waals surface area contributed by atoms with Gasteiger partial charge in [-0.15, -0.1) is 0 Å². The molecule has 182 valence electrons. The van der Waals surface area contributed by atoms with E-state index in [0.29, 0.717) is 5.92 Å². The standard InChI is InChI=1S/C33H34N2O/c1-35(2)21-20-26(28-18-11-15-25-14-7-8-16-27(25)28)23-30-29-17-9-10-19-32(29)34-33(36-3)31(30)22-24-12-5-4-6-13-24/h4-19,26H,20-23H2,1-3H3. The first-order valence-electron chi connectivity index (χ1n) is 12.7. The molecular weight excluding hydrogens is 440 g/mol. The number of fused-ring (bicyclic) bond motifs is 2. The number of benzene rings is 4. The first kappa shape index (κ1) is 24.0. The molecule has 3 nitrogen and oxygen atoms in total. The third-order valence-electron chi connectivity index (χ3n) is 7.13. The molecule has 0 saturated carbocycles. The summed E-state index contributed by atoms with van der Waals surface area (Å²) in [5.41, 5.74) is 6.21. The van der Waals surface area contributed by atoms with Gasteiger partial charge in [0.15, 0.2) is 0 Å². The van der Waals surface area contributed by atoms with Gasteiger partial charge in [-0.05, 0) is 72.9 Å². The van der Waals surface area contributed by atoms with Gasteiger partial charge in [0.1, 0.15) is 0 Å². The second-order valence-corrected chi connectivity index (χ2v) is 9.82. The molecule has 5 aromatic rings. The molecule has 0 aliphatic heterocycles. The van der Waals surface area contributed by atoms with Crippen LogP contribution in [0.15, 0.2) is 97.1 Å². The highest BCUT2D eigenvalue weighted by molar-refractivity contribution is 5.87. The van der Waals surface area contributed by atoms with E-state index < -0.39 is 0 Å². The van der Waals surface area contributed by atoms with Crippen molar-refractivity contribution in [3.05, 3.63) is 119 Å². The highest BCUT2D eigenvalue weighted by Gasteiger charge is 2.22. The van der Waals surface area contributed by atoms with E-state index in [9.17, 15) is 0 Å². The zero-order valence-corrected chi connectivity index (χ0v) is 21.4. The minimum Gasteiger partial charge on any atom is -0.481 e. The number of pyridine rings is 1. The van der Waals surface area contributed by atoms with Gasteiger partial charge in [-0.1, -0.05) is 91.0 Å². The second-order valence-electron chi connectivity index (χ2n) is 9.82. The van der Waals surface area contributed by atoms with Gasteiger partial charge in [0.05, 0.1) is 12.6 Å². The lowest BCUT2D eigenvalue weighted by Gasteiger charge is -2.24. The molecule has 0 aliphatic rings. The molecule has 1 atom stereocenters. The summed E-state index contributed by atoms with van der Waals surface area (Å²) in [4.78, 5) is 7.21. The molecule has 4 aromatic carbocycles. The zero-order valence-electron chi connectivity index (χ0n) is 21.4. The summed E-state index contributed by atoms with van der Waals surface area (Å²) in [6.07, 6.45) is 2.81. The Balaban J connectivity index is 1.67. The minimum atomic E-state index is 0.364. The molecule has 1 aromatic heterocycles. The Bertz CT molecular complexity index is 1450. The molecule has 0 radical (unpaired) electrons. The van der Waals surface area contributed by atoms with Crippen molar-refractivity contribution in [2.45, 2.75) is 25.2 Å². The molecule has 3 heteroatoms. The van der Waals surface area contributed by atoms with Gasteiger partial charge in [-0.2, -0.15) is 0 Å². The smallest absolute Gasteiger partial charge is 0.217 e. The van der Waals surface area contributed by atoms with E-state index in [1.54, 1.807) is 7.11 Å². The molecule has 0 fully saturated rings. The monoisotopic (exact) mass is 474 g/mol. The topological polar surface area (TPSA) is 25.4 Å². The van der Waals surface area contributed by atoms with Crippen molar-refractivity contribution < 1.29 is 4.74 Å². The molecule has 36 heavy (non-hydrogen) atoms. The van der Waals surface area contributed by atoms with Crippen LogP contribution in [0, 0.1) is 0 Å². The summed E-state index contributed by atoms with van der Waals surface area (Å²) >= 11 is 0. The molecule has 0 aliphatic carbocycles. The van der Waals surface area contributed by atoms with Gasteiger partial charge in [-0.3, -0.25) is 0 Å². The number of para-hydroxylation sites is 1. The number of hydrogen-bond acceptors (Lipinski definition) is 3. The van der Waals surface area contributed by atoms with E-state index >= 15 is 0 Å². The molecule has 1 heterocycles. The van der Waals surface area contributed by atoms with Crippen LogP contribution in [0.5, 0.6) is 5.88 Å². The van der Waals surface area contributed by atoms with Crippen LogP contribution in [0.2, 0.25) is 0 Å². The fraction of sp³-hybridized carbons (Fsp3) is 0.242. The van der Waals surface area contributed by atoms with Crippen LogP contribution < -0.4 is 4.74 Å². The second kappa shape index (κ2) is 10.9. The van der Waals surface area contributed by atoms with Crippen LogP contribution in [0.3, 0.4) is 0 Å². The van der Waals surface area contributed by atoms with E-state index in [4.69, 9.17) is 9.72 Å². The van der Waals surface area contributed by atoms with Gasteiger partial charge >= 0.3 is 0 Å². The van der Waals surface area contributed by atoms with Gasteiger partial charge in [0, 0.05) is 17.4 Å². The lowest BCUT2D eigenvalue weighted by molar-refractivity contribution is 0.379. The Kier molecular flexibility index (Phi) is 7.29. The molecular formula is C33H34N2O. The van der Waals surface area contributed by atoms with E-state index in [0.717, 1.165) is 37.2 Å². The minimum absolute atomic E-state index is 0.364. The maximum Gasteiger partial charge on any atom is 0.217 e. The van der Waals surface area contributed by atoms with Crippen molar-refractivity contribution in [3.63, 3.8) is 0 Å². The van der Waals surface area contributed by atoms with E-state index in [1.165, 1.54) is 38.4 Å². The van der Waals surface area contributed by atoms with Gasteiger partial charge in [0.25, 0.3) is 0 Å². The van der Waals surface area contributed by atoms with E-state index in [2.05, 4.69) is 116 Å². The number of methoxy groups -OCH3 is 1. The van der Waals surface area contributed by atoms with Crippen LogP contribution in [-0.4, -0.2) is 37.6 Å². The summed E-state index contributed by atoms with van der Waals surface area (Å²) in [5, 5.41) is 3.87. The SMILES string of the molecule is COc1nc2ccccc2c(CC(CCN(C)C)c2cccc3ccccc23)c1Cc1ccccc1. The van der Waals surface area contributed by atoms with Crippen molar-refractivity contribution >= 4 is 21.7 Å². The number of rotatable bonds is 9. The third kappa shape index (κ3) is 5.12. The van der Waals surface area contributed by atoms with Crippen LogP contribution >= 0.6 is 0 Å². The highest BCUT2D eigenvalue weighted by Crippen LogP contribution is 2.37. The average molecular weight is 475 g/mol. The zero-order chi connectivity index (χ0) is 24.9. The lowest BCUT2D eigenvalue weighted by Crippen LogP contribution is -2.18.